The van der Waals surface area contributed by atoms with E-state index in [2.05, 4.69) is 28.7 Å². The van der Waals surface area contributed by atoms with E-state index < -0.39 is 11.1 Å². The molecule has 3 aromatic carbocycles. The zero-order chi connectivity index (χ0) is 25.1. The molecule has 0 spiro atoms. The van der Waals surface area contributed by atoms with Crippen LogP contribution in [0.25, 0.3) is 6.08 Å². The third kappa shape index (κ3) is 5.49. The van der Waals surface area contributed by atoms with Gasteiger partial charge in [0.1, 0.15) is 18.9 Å². The average molecular weight is 610 g/mol. The van der Waals surface area contributed by atoms with Gasteiger partial charge in [0.2, 0.25) is 5.91 Å². The molecule has 1 saturated heterocycles. The summed E-state index contributed by atoms with van der Waals surface area (Å²) in [5.41, 5.74) is 4.21. The van der Waals surface area contributed by atoms with Crippen LogP contribution in [-0.4, -0.2) is 39.9 Å². The van der Waals surface area contributed by atoms with Crippen LogP contribution in [0.1, 0.15) is 22.3 Å². The van der Waals surface area contributed by atoms with E-state index in [-0.39, 0.29) is 12.5 Å². The highest BCUT2D eigenvalue weighted by Crippen LogP contribution is 2.33. The van der Waals surface area contributed by atoms with Crippen molar-refractivity contribution in [3.63, 3.8) is 0 Å². The predicted molar refractivity (Wildman–Crippen MR) is 148 cm³/mol. The van der Waals surface area contributed by atoms with Gasteiger partial charge in [-0.1, -0.05) is 60.7 Å². The molecule has 3 aromatic rings. The van der Waals surface area contributed by atoms with Gasteiger partial charge in [0, 0.05) is 13.1 Å². The molecule has 0 unspecified atom stereocenters. The van der Waals surface area contributed by atoms with Crippen molar-refractivity contribution in [1.29, 1.82) is 0 Å². The minimum atomic E-state index is -0.435. The Balaban J connectivity index is 1.23. The summed E-state index contributed by atoms with van der Waals surface area (Å²) < 4.78 is 6.82. The number of thioether (sulfide) groups is 1. The van der Waals surface area contributed by atoms with Crippen LogP contribution < -0.4 is 4.74 Å². The van der Waals surface area contributed by atoms with Gasteiger partial charge in [0.15, 0.2) is 0 Å². The summed E-state index contributed by atoms with van der Waals surface area (Å²) in [4.78, 5) is 41.5. The van der Waals surface area contributed by atoms with Crippen LogP contribution in [0.5, 0.6) is 5.75 Å². The summed E-state index contributed by atoms with van der Waals surface area (Å²) >= 11 is 3.06. The van der Waals surface area contributed by atoms with Crippen LogP contribution in [-0.2, 0) is 29.2 Å². The quantitative estimate of drug-likeness (QED) is 0.273. The molecule has 0 bridgehead atoms. The second-order valence-corrected chi connectivity index (χ2v) is 10.7. The van der Waals surface area contributed by atoms with Gasteiger partial charge in [0.05, 0.1) is 8.48 Å². The summed E-state index contributed by atoms with van der Waals surface area (Å²) in [6.07, 6.45) is 2.46. The van der Waals surface area contributed by atoms with E-state index >= 15 is 0 Å². The standard InChI is InChI=1S/C28H23IN2O4S/c29-23-14-20(10-11-24(23)35-18-19-6-2-1-3-7-19)15-25-27(33)31(28(34)36-25)17-26(32)30-13-12-21-8-4-5-9-22(21)16-30/h1-11,14-15H,12-13,16-18H2/b25-15-. The lowest BCUT2D eigenvalue weighted by Crippen LogP contribution is -2.44. The summed E-state index contributed by atoms with van der Waals surface area (Å²) in [5.74, 6) is 0.0936. The number of hydrogen-bond donors (Lipinski definition) is 0. The van der Waals surface area contributed by atoms with Gasteiger partial charge in [-0.3, -0.25) is 19.3 Å². The SMILES string of the molecule is O=C(CN1C(=O)S/C(=C\c2ccc(OCc3ccccc3)c(I)c2)C1=O)N1CCc2ccccc2C1. The van der Waals surface area contributed by atoms with Crippen LogP contribution in [0.15, 0.2) is 77.7 Å². The fourth-order valence-electron chi connectivity index (χ4n) is 4.19. The molecule has 6 nitrogen and oxygen atoms in total. The minimum Gasteiger partial charge on any atom is -0.488 e. The molecule has 0 N–H and O–H groups in total. The maximum atomic E-state index is 13.0. The van der Waals surface area contributed by atoms with Crippen LogP contribution >= 0.6 is 34.4 Å². The third-order valence-corrected chi connectivity index (χ3v) is 7.89. The van der Waals surface area contributed by atoms with E-state index in [1.54, 1.807) is 11.0 Å². The smallest absolute Gasteiger partial charge is 0.294 e. The zero-order valence-electron chi connectivity index (χ0n) is 19.4. The first-order chi connectivity index (χ1) is 17.5. The second-order valence-electron chi connectivity index (χ2n) is 8.57. The molecule has 36 heavy (non-hydrogen) atoms. The van der Waals surface area contributed by atoms with Gasteiger partial charge in [-0.15, -0.1) is 0 Å². The number of hydrogen-bond acceptors (Lipinski definition) is 5. The number of nitrogens with zero attached hydrogens (tertiary/aromatic N) is 2. The van der Waals surface area contributed by atoms with Crippen molar-refractivity contribution in [2.24, 2.45) is 0 Å². The molecule has 1 fully saturated rings. The first-order valence-corrected chi connectivity index (χ1v) is 13.4. The van der Waals surface area contributed by atoms with Crippen LogP contribution in [0.3, 0.4) is 0 Å². The molecule has 8 heteroatoms. The number of halogens is 1. The Labute approximate surface area is 227 Å². The molecule has 0 aromatic heterocycles. The van der Waals surface area contributed by atoms with Crippen molar-refractivity contribution in [2.45, 2.75) is 19.6 Å². The lowest BCUT2D eigenvalue weighted by molar-refractivity contribution is -0.136. The van der Waals surface area contributed by atoms with Crippen LogP contribution in [0.2, 0.25) is 0 Å². The fourth-order valence-corrected chi connectivity index (χ4v) is 5.72. The van der Waals surface area contributed by atoms with Crippen molar-refractivity contribution >= 4 is 57.5 Å². The molecule has 0 atom stereocenters. The average Bonchev–Trinajstić information content (AvgIpc) is 3.15. The van der Waals surface area contributed by atoms with Crippen LogP contribution in [0, 0.1) is 3.57 Å². The number of carbonyl (C=O) groups excluding carboxylic acids is 3. The molecular formula is C28H23IN2O4S. The van der Waals surface area contributed by atoms with Crippen molar-refractivity contribution < 1.29 is 19.1 Å². The van der Waals surface area contributed by atoms with Crippen LogP contribution in [0.4, 0.5) is 4.79 Å². The number of imide groups is 1. The Morgan fingerprint density at radius 3 is 2.53 bits per heavy atom. The maximum absolute atomic E-state index is 13.0. The van der Waals surface area contributed by atoms with E-state index in [1.165, 1.54) is 5.56 Å². The second kappa shape index (κ2) is 10.9. The molecule has 0 radical (unpaired) electrons. The Morgan fingerprint density at radius 2 is 1.75 bits per heavy atom. The highest BCUT2D eigenvalue weighted by Gasteiger charge is 2.37. The predicted octanol–water partition coefficient (Wildman–Crippen LogP) is 5.49. The van der Waals surface area contributed by atoms with E-state index in [1.807, 2.05) is 66.7 Å². The van der Waals surface area contributed by atoms with E-state index in [0.29, 0.717) is 24.6 Å². The molecule has 0 aliphatic carbocycles. The Hall–Kier alpha value is -3.11. The number of carbonyl (C=O) groups is 3. The molecule has 0 saturated carbocycles. The Kier molecular flexibility index (Phi) is 7.43. The monoisotopic (exact) mass is 610 g/mol. The molecule has 2 aliphatic rings. The lowest BCUT2D eigenvalue weighted by Gasteiger charge is -2.29. The van der Waals surface area contributed by atoms with Gasteiger partial charge < -0.3 is 9.64 Å². The third-order valence-electron chi connectivity index (χ3n) is 6.14. The maximum Gasteiger partial charge on any atom is 0.294 e. The highest BCUT2D eigenvalue weighted by atomic mass is 127. The Morgan fingerprint density at radius 1 is 1.00 bits per heavy atom. The van der Waals surface area contributed by atoms with Crippen molar-refractivity contribution in [2.75, 3.05) is 13.1 Å². The molecule has 5 rings (SSSR count). The van der Waals surface area contributed by atoms with Gasteiger partial charge >= 0.3 is 0 Å². The van der Waals surface area contributed by atoms with Crippen molar-refractivity contribution in [3.05, 3.63) is 104 Å². The Bertz CT molecular complexity index is 1360. The molecular weight excluding hydrogens is 587 g/mol. The lowest BCUT2D eigenvalue weighted by atomic mass is 10.00. The minimum absolute atomic E-state index is 0.220. The zero-order valence-corrected chi connectivity index (χ0v) is 22.3. The first-order valence-electron chi connectivity index (χ1n) is 11.5. The summed E-state index contributed by atoms with van der Waals surface area (Å²) in [7, 11) is 0. The van der Waals surface area contributed by atoms with E-state index in [4.69, 9.17) is 4.74 Å². The fraction of sp³-hybridized carbons (Fsp3) is 0.179. The number of fused-ring (bicyclic) bond motifs is 1. The normalized spacial score (nSPS) is 16.4. The number of ether oxygens (including phenoxy) is 1. The number of amides is 3. The molecule has 2 heterocycles. The molecule has 2 aliphatic heterocycles. The topological polar surface area (TPSA) is 66.9 Å². The largest absolute Gasteiger partial charge is 0.488 e. The number of rotatable bonds is 6. The first kappa shape index (κ1) is 24.6. The molecule has 3 amide bonds. The molecule has 182 valence electrons. The number of benzene rings is 3. The summed E-state index contributed by atoms with van der Waals surface area (Å²) in [6, 6.07) is 23.6. The summed E-state index contributed by atoms with van der Waals surface area (Å²) in [6.45, 7) is 1.30. The van der Waals surface area contributed by atoms with Crippen molar-refractivity contribution in [1.82, 2.24) is 9.80 Å². The van der Waals surface area contributed by atoms with Crippen molar-refractivity contribution in [3.8, 4) is 5.75 Å². The summed E-state index contributed by atoms with van der Waals surface area (Å²) in [5, 5.41) is -0.422. The van der Waals surface area contributed by atoms with E-state index in [0.717, 1.165) is 49.1 Å². The van der Waals surface area contributed by atoms with Gasteiger partial charge in [-0.05, 0) is 81.2 Å². The van der Waals surface area contributed by atoms with Gasteiger partial charge in [0.25, 0.3) is 11.1 Å². The highest BCUT2D eigenvalue weighted by molar-refractivity contribution is 14.1. The van der Waals surface area contributed by atoms with Gasteiger partial charge in [-0.2, -0.15) is 0 Å². The van der Waals surface area contributed by atoms with E-state index in [9.17, 15) is 14.4 Å². The van der Waals surface area contributed by atoms with Gasteiger partial charge in [-0.25, -0.2) is 0 Å².